The molecule has 2 aromatic rings. The molecule has 1 fully saturated rings. The van der Waals surface area contributed by atoms with Gasteiger partial charge in [0.25, 0.3) is 5.91 Å². The minimum Gasteiger partial charge on any atom is -0.496 e. The molecule has 4 nitrogen and oxygen atoms in total. The number of amides is 1. The van der Waals surface area contributed by atoms with Crippen LogP contribution in [0.15, 0.2) is 52.4 Å². The summed E-state index contributed by atoms with van der Waals surface area (Å²) in [7, 11) is 1.63. The Labute approximate surface area is 156 Å². The van der Waals surface area contributed by atoms with E-state index in [1.807, 2.05) is 38.1 Å². The predicted molar refractivity (Wildman–Crippen MR) is 104 cm³/mol. The molecular formula is C20H19FN2O2S. The van der Waals surface area contributed by atoms with Crippen molar-refractivity contribution in [3.8, 4) is 5.75 Å². The first-order valence-corrected chi connectivity index (χ1v) is 9.03. The normalized spacial score (nSPS) is 17.4. The van der Waals surface area contributed by atoms with Crippen molar-refractivity contribution >= 4 is 34.6 Å². The van der Waals surface area contributed by atoms with Crippen LogP contribution >= 0.6 is 11.8 Å². The number of hydrogen-bond acceptors (Lipinski definition) is 4. The topological polar surface area (TPSA) is 41.9 Å². The average Bonchev–Trinajstić information content (AvgIpc) is 2.93. The van der Waals surface area contributed by atoms with Crippen molar-refractivity contribution in [1.29, 1.82) is 0 Å². The lowest BCUT2D eigenvalue weighted by molar-refractivity contribution is -0.122. The number of carbonyl (C=O) groups is 1. The van der Waals surface area contributed by atoms with Gasteiger partial charge in [-0.15, -0.1) is 0 Å². The minimum absolute atomic E-state index is 0.0853. The Kier molecular flexibility index (Phi) is 5.42. The van der Waals surface area contributed by atoms with Crippen LogP contribution in [0.3, 0.4) is 0 Å². The molecule has 6 heteroatoms. The summed E-state index contributed by atoms with van der Waals surface area (Å²) in [4.78, 5) is 19.4. The Bertz CT molecular complexity index is 891. The van der Waals surface area contributed by atoms with Gasteiger partial charge in [0.1, 0.15) is 11.6 Å². The third kappa shape index (κ3) is 3.80. The quantitative estimate of drug-likeness (QED) is 0.728. The number of benzene rings is 2. The molecule has 0 atom stereocenters. The molecule has 26 heavy (non-hydrogen) atoms. The molecule has 2 aromatic carbocycles. The first kappa shape index (κ1) is 18.2. The second kappa shape index (κ2) is 7.74. The zero-order chi connectivity index (χ0) is 18.7. The summed E-state index contributed by atoms with van der Waals surface area (Å²) in [6.07, 6.45) is 1.84. The van der Waals surface area contributed by atoms with Gasteiger partial charge in [0.05, 0.1) is 17.7 Å². The van der Waals surface area contributed by atoms with Gasteiger partial charge in [-0.05, 0) is 73.1 Å². The fourth-order valence-electron chi connectivity index (χ4n) is 2.57. The van der Waals surface area contributed by atoms with Crippen molar-refractivity contribution in [3.63, 3.8) is 0 Å². The third-order valence-electron chi connectivity index (χ3n) is 3.99. The highest BCUT2D eigenvalue weighted by Crippen LogP contribution is 2.34. The Morgan fingerprint density at radius 1 is 1.23 bits per heavy atom. The second-order valence-electron chi connectivity index (χ2n) is 5.76. The summed E-state index contributed by atoms with van der Waals surface area (Å²) in [6.45, 7) is 4.38. The number of ether oxygens (including phenoxy) is 1. The summed E-state index contributed by atoms with van der Waals surface area (Å²) in [5, 5.41) is 0.592. The maximum atomic E-state index is 13.1. The van der Waals surface area contributed by atoms with Gasteiger partial charge in [0, 0.05) is 6.54 Å². The smallest absolute Gasteiger partial charge is 0.266 e. The zero-order valence-corrected chi connectivity index (χ0v) is 15.6. The predicted octanol–water partition coefficient (Wildman–Crippen LogP) is 4.77. The van der Waals surface area contributed by atoms with Crippen molar-refractivity contribution in [1.82, 2.24) is 4.90 Å². The Morgan fingerprint density at radius 2 is 1.96 bits per heavy atom. The van der Waals surface area contributed by atoms with Crippen LogP contribution < -0.4 is 4.74 Å². The van der Waals surface area contributed by atoms with E-state index in [4.69, 9.17) is 4.74 Å². The number of hydrogen-bond donors (Lipinski definition) is 0. The van der Waals surface area contributed by atoms with Gasteiger partial charge in [0.15, 0.2) is 5.17 Å². The maximum Gasteiger partial charge on any atom is 0.266 e. The SMILES string of the molecule is CCN1C(=O)/C(=C\c2ccc(C)c(OC)c2)SC1=Nc1ccc(F)cc1. The van der Waals surface area contributed by atoms with E-state index in [9.17, 15) is 9.18 Å². The standard InChI is InChI=1S/C20H19FN2O2S/c1-4-23-19(24)18(12-14-6-5-13(2)17(11-14)25-3)26-20(23)22-16-9-7-15(21)8-10-16/h5-12H,4H2,1-3H3/b18-12+,22-20?. The molecule has 1 amide bonds. The lowest BCUT2D eigenvalue weighted by atomic mass is 10.1. The monoisotopic (exact) mass is 370 g/mol. The van der Waals surface area contributed by atoms with E-state index >= 15 is 0 Å². The van der Waals surface area contributed by atoms with E-state index in [1.54, 1.807) is 24.1 Å². The first-order valence-electron chi connectivity index (χ1n) is 8.22. The highest BCUT2D eigenvalue weighted by atomic mass is 32.2. The largest absolute Gasteiger partial charge is 0.496 e. The lowest BCUT2D eigenvalue weighted by Crippen LogP contribution is -2.28. The summed E-state index contributed by atoms with van der Waals surface area (Å²) < 4.78 is 18.4. The van der Waals surface area contributed by atoms with Crippen molar-refractivity contribution < 1.29 is 13.9 Å². The van der Waals surface area contributed by atoms with Crippen molar-refractivity contribution in [3.05, 3.63) is 64.3 Å². The molecular weight excluding hydrogens is 351 g/mol. The number of carbonyl (C=O) groups excluding carboxylic acids is 1. The maximum absolute atomic E-state index is 13.1. The van der Waals surface area contributed by atoms with Gasteiger partial charge >= 0.3 is 0 Å². The number of likely N-dealkylation sites (N-methyl/N-ethyl adjacent to an activating group) is 1. The van der Waals surface area contributed by atoms with Gasteiger partial charge in [-0.1, -0.05) is 12.1 Å². The molecule has 0 bridgehead atoms. The molecule has 0 N–H and O–H groups in total. The van der Waals surface area contributed by atoms with Gasteiger partial charge in [-0.3, -0.25) is 9.69 Å². The summed E-state index contributed by atoms with van der Waals surface area (Å²) in [5.74, 6) is 0.380. The Hall–Kier alpha value is -2.60. The number of halogens is 1. The van der Waals surface area contributed by atoms with Gasteiger partial charge in [0.2, 0.25) is 0 Å². The first-order chi connectivity index (χ1) is 12.5. The van der Waals surface area contributed by atoms with Crippen molar-refractivity contribution in [2.24, 2.45) is 4.99 Å². The van der Waals surface area contributed by atoms with Crippen LogP contribution in [0.2, 0.25) is 0 Å². The van der Waals surface area contributed by atoms with Crippen molar-refractivity contribution in [2.75, 3.05) is 13.7 Å². The number of methoxy groups -OCH3 is 1. The van der Waals surface area contributed by atoms with E-state index in [0.717, 1.165) is 16.9 Å². The molecule has 0 spiro atoms. The molecule has 134 valence electrons. The zero-order valence-electron chi connectivity index (χ0n) is 14.8. The highest BCUT2D eigenvalue weighted by Gasteiger charge is 2.32. The van der Waals surface area contributed by atoms with Gasteiger partial charge in [-0.25, -0.2) is 9.38 Å². The Balaban J connectivity index is 1.92. The second-order valence-corrected chi connectivity index (χ2v) is 6.77. The number of thioether (sulfide) groups is 1. The molecule has 1 aliphatic rings. The minimum atomic E-state index is -0.314. The van der Waals surface area contributed by atoms with Crippen LogP contribution in [-0.2, 0) is 4.79 Å². The van der Waals surface area contributed by atoms with Crippen LogP contribution in [0.25, 0.3) is 6.08 Å². The fourth-order valence-corrected chi connectivity index (χ4v) is 3.64. The third-order valence-corrected chi connectivity index (χ3v) is 4.99. The van der Waals surface area contributed by atoms with Crippen LogP contribution in [-0.4, -0.2) is 29.6 Å². The molecule has 3 rings (SSSR count). The number of rotatable bonds is 4. The molecule has 1 heterocycles. The van der Waals surface area contributed by atoms with Crippen LogP contribution in [0.4, 0.5) is 10.1 Å². The fraction of sp³-hybridized carbons (Fsp3) is 0.200. The molecule has 1 saturated heterocycles. The molecule has 0 radical (unpaired) electrons. The summed E-state index contributed by atoms with van der Waals surface area (Å²) in [6, 6.07) is 11.7. The van der Waals surface area contributed by atoms with E-state index < -0.39 is 0 Å². The lowest BCUT2D eigenvalue weighted by Gasteiger charge is -2.11. The Morgan fingerprint density at radius 3 is 2.62 bits per heavy atom. The van der Waals surface area contributed by atoms with Crippen LogP contribution in [0.5, 0.6) is 5.75 Å². The summed E-state index contributed by atoms with van der Waals surface area (Å²) >= 11 is 1.32. The molecule has 0 saturated carbocycles. The van der Waals surface area contributed by atoms with Gasteiger partial charge < -0.3 is 4.74 Å². The average molecular weight is 370 g/mol. The number of nitrogens with zero attached hydrogens (tertiary/aromatic N) is 2. The number of amidine groups is 1. The van der Waals surface area contributed by atoms with E-state index in [2.05, 4.69) is 4.99 Å². The van der Waals surface area contributed by atoms with E-state index in [-0.39, 0.29) is 11.7 Å². The van der Waals surface area contributed by atoms with E-state index in [1.165, 1.54) is 23.9 Å². The molecule has 0 unspecified atom stereocenters. The molecule has 0 aliphatic carbocycles. The molecule has 0 aromatic heterocycles. The van der Waals surface area contributed by atoms with E-state index in [0.29, 0.717) is 22.3 Å². The van der Waals surface area contributed by atoms with Crippen LogP contribution in [0.1, 0.15) is 18.1 Å². The van der Waals surface area contributed by atoms with Gasteiger partial charge in [-0.2, -0.15) is 0 Å². The molecule has 1 aliphatic heterocycles. The highest BCUT2D eigenvalue weighted by molar-refractivity contribution is 8.18. The van der Waals surface area contributed by atoms with Crippen molar-refractivity contribution in [2.45, 2.75) is 13.8 Å². The van der Waals surface area contributed by atoms with Crippen LogP contribution in [0, 0.1) is 12.7 Å². The number of aryl methyl sites for hydroxylation is 1. The summed E-state index contributed by atoms with van der Waals surface area (Å²) in [5.41, 5.74) is 2.54. The number of aliphatic imine (C=N–C) groups is 1.